The lowest BCUT2D eigenvalue weighted by Crippen LogP contribution is -2.35. The summed E-state index contributed by atoms with van der Waals surface area (Å²) in [6.45, 7) is 5.95. The number of amides is 1. The van der Waals surface area contributed by atoms with E-state index >= 15 is 0 Å². The maximum absolute atomic E-state index is 12.1. The minimum Gasteiger partial charge on any atom is -0.444 e. The third-order valence-electron chi connectivity index (χ3n) is 3.68. The Hall–Kier alpha value is -1.68. The number of nitrogens with one attached hydrogen (secondary N) is 1. The molecule has 0 unspecified atom stereocenters. The summed E-state index contributed by atoms with van der Waals surface area (Å²) in [4.78, 5) is 16.4. The number of carbonyl (C=O) groups is 1. The van der Waals surface area contributed by atoms with Crippen LogP contribution >= 0.6 is 0 Å². The van der Waals surface area contributed by atoms with Crippen LogP contribution in [0, 0.1) is 0 Å². The number of hydrogen-bond donors (Lipinski definition) is 1. The fourth-order valence-corrected chi connectivity index (χ4v) is 3.20. The monoisotopic (exact) mass is 389 g/mol. The van der Waals surface area contributed by atoms with E-state index in [1.54, 1.807) is 20.8 Å². The molecule has 1 N–H and O–H groups in total. The van der Waals surface area contributed by atoms with Gasteiger partial charge < -0.3 is 19.3 Å². The second-order valence-corrected chi connectivity index (χ2v) is 9.77. The van der Waals surface area contributed by atoms with E-state index in [2.05, 4.69) is 15.5 Å². The van der Waals surface area contributed by atoms with E-state index in [4.69, 9.17) is 14.0 Å². The number of sulfone groups is 1. The molecular weight excluding hydrogens is 362 g/mol. The van der Waals surface area contributed by atoms with Gasteiger partial charge in [0.2, 0.25) is 5.89 Å². The summed E-state index contributed by atoms with van der Waals surface area (Å²) in [5.74, 6) is 0.506. The fraction of sp³-hybridized carbons (Fsp3) is 0.812. The lowest BCUT2D eigenvalue weighted by Gasteiger charge is -2.22. The number of rotatable bonds is 7. The van der Waals surface area contributed by atoms with Crippen molar-refractivity contribution >= 4 is 15.9 Å². The van der Waals surface area contributed by atoms with Crippen LogP contribution in [0.2, 0.25) is 0 Å². The highest BCUT2D eigenvalue weighted by atomic mass is 32.2. The average Bonchev–Trinajstić information content (AvgIpc) is 3.13. The number of hydrogen-bond acceptors (Lipinski definition) is 8. The number of ether oxygens (including phenoxy) is 2. The van der Waals surface area contributed by atoms with Gasteiger partial charge in [-0.25, -0.2) is 13.2 Å². The molecule has 1 aliphatic heterocycles. The molecule has 0 radical (unpaired) electrons. The van der Waals surface area contributed by atoms with Crippen LogP contribution in [0.1, 0.15) is 57.8 Å². The lowest BCUT2D eigenvalue weighted by atomic mass is 10.2. The summed E-state index contributed by atoms with van der Waals surface area (Å²) in [5, 5.41) is 6.54. The molecule has 1 aliphatic rings. The molecule has 0 saturated carbocycles. The highest BCUT2D eigenvalue weighted by Crippen LogP contribution is 2.20. The molecule has 1 aromatic heterocycles. The predicted molar refractivity (Wildman–Crippen MR) is 93.4 cm³/mol. The second-order valence-electron chi connectivity index (χ2n) is 7.51. The summed E-state index contributed by atoms with van der Waals surface area (Å²) in [6.07, 6.45) is 3.11. The van der Waals surface area contributed by atoms with E-state index in [9.17, 15) is 13.2 Å². The molecule has 0 spiro atoms. The number of alkyl carbamates (subject to hydrolysis) is 1. The maximum atomic E-state index is 12.1. The second kappa shape index (κ2) is 8.34. The Labute approximate surface area is 153 Å². The SMILES string of the molecule is CC(C)(C)OC(=O)N[C@H](CCS(C)(=O)=O)c1nc(C[C@H]2CCCO2)no1. The fourth-order valence-electron chi connectivity index (χ4n) is 2.54. The molecule has 2 atom stereocenters. The lowest BCUT2D eigenvalue weighted by molar-refractivity contribution is 0.0492. The predicted octanol–water partition coefficient (Wildman–Crippen LogP) is 1.79. The normalized spacial score (nSPS) is 19.3. The van der Waals surface area contributed by atoms with Gasteiger partial charge in [-0.1, -0.05) is 5.16 Å². The van der Waals surface area contributed by atoms with Gasteiger partial charge in [0.15, 0.2) is 5.82 Å². The summed E-state index contributed by atoms with van der Waals surface area (Å²) in [5.41, 5.74) is -0.675. The van der Waals surface area contributed by atoms with Gasteiger partial charge in [-0.05, 0) is 40.0 Å². The Morgan fingerprint density at radius 2 is 2.15 bits per heavy atom. The zero-order chi connectivity index (χ0) is 19.4. The molecule has 1 aromatic rings. The van der Waals surface area contributed by atoms with Gasteiger partial charge in [0, 0.05) is 19.3 Å². The van der Waals surface area contributed by atoms with Crippen LogP contribution in [0.4, 0.5) is 4.79 Å². The molecule has 26 heavy (non-hydrogen) atoms. The summed E-state index contributed by atoms with van der Waals surface area (Å²) in [6, 6.07) is -0.745. The van der Waals surface area contributed by atoms with Crippen molar-refractivity contribution in [3.63, 3.8) is 0 Å². The summed E-state index contributed by atoms with van der Waals surface area (Å²) < 4.78 is 39.0. The first-order chi connectivity index (χ1) is 12.0. The van der Waals surface area contributed by atoms with Crippen LogP contribution in [-0.4, -0.2) is 55.0 Å². The first kappa shape index (κ1) is 20.6. The molecule has 9 nitrogen and oxygen atoms in total. The summed E-state index contributed by atoms with van der Waals surface area (Å²) >= 11 is 0. The van der Waals surface area contributed by atoms with Gasteiger partial charge >= 0.3 is 6.09 Å². The van der Waals surface area contributed by atoms with Crippen molar-refractivity contribution in [1.29, 1.82) is 0 Å². The molecule has 2 heterocycles. The Kier molecular flexibility index (Phi) is 6.62. The van der Waals surface area contributed by atoms with E-state index in [1.807, 2.05) is 0 Å². The van der Waals surface area contributed by atoms with Gasteiger partial charge in [-0.2, -0.15) is 4.98 Å². The van der Waals surface area contributed by atoms with Crippen molar-refractivity contribution < 1.29 is 27.2 Å². The van der Waals surface area contributed by atoms with Gasteiger partial charge in [0.1, 0.15) is 21.5 Å². The van der Waals surface area contributed by atoms with Crippen LogP contribution in [0.3, 0.4) is 0 Å². The molecular formula is C16H27N3O6S. The van der Waals surface area contributed by atoms with Crippen molar-refractivity contribution in [1.82, 2.24) is 15.5 Å². The molecule has 2 rings (SSSR count). The molecule has 148 valence electrons. The average molecular weight is 389 g/mol. The van der Waals surface area contributed by atoms with Crippen LogP contribution in [0.25, 0.3) is 0 Å². The highest BCUT2D eigenvalue weighted by molar-refractivity contribution is 7.90. The van der Waals surface area contributed by atoms with Crippen molar-refractivity contribution in [3.05, 3.63) is 11.7 Å². The van der Waals surface area contributed by atoms with Crippen LogP contribution in [0.5, 0.6) is 0 Å². The zero-order valence-electron chi connectivity index (χ0n) is 15.6. The Balaban J connectivity index is 2.06. The quantitative estimate of drug-likeness (QED) is 0.749. The van der Waals surface area contributed by atoms with Gasteiger partial charge in [-0.15, -0.1) is 0 Å². The molecule has 10 heteroatoms. The van der Waals surface area contributed by atoms with Crippen LogP contribution < -0.4 is 5.32 Å². The third kappa shape index (κ3) is 7.28. The standard InChI is InChI=1S/C16H27N3O6S/c1-16(2,3)24-15(20)17-12(7-9-26(4,21)22)14-18-13(19-25-14)10-11-6-5-8-23-11/h11-12H,5-10H2,1-4H3,(H,17,20)/t11-,12-/m1/s1. The highest BCUT2D eigenvalue weighted by Gasteiger charge is 2.27. The van der Waals surface area contributed by atoms with Gasteiger partial charge in [0.05, 0.1) is 11.9 Å². The van der Waals surface area contributed by atoms with Gasteiger partial charge in [-0.3, -0.25) is 0 Å². The first-order valence-electron chi connectivity index (χ1n) is 8.63. The van der Waals surface area contributed by atoms with Gasteiger partial charge in [0.25, 0.3) is 0 Å². The molecule has 1 saturated heterocycles. The zero-order valence-corrected chi connectivity index (χ0v) is 16.5. The molecule has 0 aromatic carbocycles. The molecule has 0 bridgehead atoms. The number of carbonyl (C=O) groups excluding carboxylic acids is 1. The minimum atomic E-state index is -3.21. The largest absolute Gasteiger partial charge is 0.444 e. The Bertz CT molecular complexity index is 704. The third-order valence-corrected chi connectivity index (χ3v) is 4.66. The minimum absolute atomic E-state index is 0.0636. The number of aromatic nitrogens is 2. The first-order valence-corrected chi connectivity index (χ1v) is 10.7. The van der Waals surface area contributed by atoms with Crippen LogP contribution in [-0.2, 0) is 25.7 Å². The van der Waals surface area contributed by atoms with E-state index in [-0.39, 0.29) is 24.2 Å². The molecule has 0 aliphatic carbocycles. The van der Waals surface area contributed by atoms with Crippen molar-refractivity contribution in [2.75, 3.05) is 18.6 Å². The van der Waals surface area contributed by atoms with Crippen molar-refractivity contribution in [2.24, 2.45) is 0 Å². The maximum Gasteiger partial charge on any atom is 0.408 e. The van der Waals surface area contributed by atoms with E-state index in [0.717, 1.165) is 25.7 Å². The molecule has 1 amide bonds. The summed E-state index contributed by atoms with van der Waals surface area (Å²) in [7, 11) is -3.21. The van der Waals surface area contributed by atoms with Crippen LogP contribution in [0.15, 0.2) is 4.52 Å². The van der Waals surface area contributed by atoms with E-state index in [1.165, 1.54) is 0 Å². The van der Waals surface area contributed by atoms with Crippen molar-refractivity contribution in [3.8, 4) is 0 Å². The molecule has 1 fully saturated rings. The van der Waals surface area contributed by atoms with E-state index < -0.39 is 27.6 Å². The topological polar surface area (TPSA) is 121 Å². The smallest absolute Gasteiger partial charge is 0.408 e. The van der Waals surface area contributed by atoms with Crippen molar-refractivity contribution in [2.45, 2.75) is 64.2 Å². The number of nitrogens with zero attached hydrogens (tertiary/aromatic N) is 2. The Morgan fingerprint density at radius 1 is 1.42 bits per heavy atom. The Morgan fingerprint density at radius 3 is 2.73 bits per heavy atom. The van der Waals surface area contributed by atoms with E-state index in [0.29, 0.717) is 12.2 Å².